The summed E-state index contributed by atoms with van der Waals surface area (Å²) in [6, 6.07) is 4.01. The molecule has 1 saturated heterocycles. The van der Waals surface area contributed by atoms with Crippen molar-refractivity contribution >= 4 is 34.4 Å². The van der Waals surface area contributed by atoms with Gasteiger partial charge in [-0.3, -0.25) is 4.98 Å². The molecule has 1 aliphatic heterocycles. The molecule has 2 N–H and O–H groups in total. The van der Waals surface area contributed by atoms with Crippen molar-refractivity contribution in [1.29, 1.82) is 0 Å². The van der Waals surface area contributed by atoms with Crippen molar-refractivity contribution in [2.75, 3.05) is 18.0 Å². The van der Waals surface area contributed by atoms with E-state index in [-0.39, 0.29) is 25.3 Å². The zero-order valence-corrected chi connectivity index (χ0v) is 15.4. The molecule has 0 unspecified atom stereocenters. The second kappa shape index (κ2) is 6.96. The number of fused-ring (bicyclic) bond motifs is 1. The van der Waals surface area contributed by atoms with E-state index in [2.05, 4.69) is 19.8 Å². The maximum absolute atomic E-state index is 13.8. The molecule has 1 aliphatic rings. The molecule has 7 nitrogen and oxygen atoms in total. The predicted molar refractivity (Wildman–Crippen MR) is 102 cm³/mol. The maximum Gasteiger partial charge on any atom is 0.287 e. The third-order valence-electron chi connectivity index (χ3n) is 4.77. The average molecular weight is 404 g/mol. The minimum Gasteiger partial charge on any atom is -0.359 e. The van der Waals surface area contributed by atoms with Gasteiger partial charge in [-0.05, 0) is 18.2 Å². The molecule has 3 heterocycles. The molecule has 10 heteroatoms. The Kier molecular flexibility index (Phi) is 4.61. The van der Waals surface area contributed by atoms with Crippen LogP contribution >= 0.6 is 11.6 Å². The first kappa shape index (κ1) is 18.5. The van der Waals surface area contributed by atoms with Gasteiger partial charge in [-0.25, -0.2) is 13.8 Å². The SMILES string of the molecule is [C-]#[N+]c1cnc(Cn2c(N3CCC(F)(F)[C@H](N)C3)nc3ccc(Cl)cc32)cn1. The van der Waals surface area contributed by atoms with Crippen molar-refractivity contribution in [2.24, 2.45) is 5.73 Å². The Labute approximate surface area is 164 Å². The molecule has 1 fully saturated rings. The number of nitrogens with two attached hydrogens (primary N) is 1. The van der Waals surface area contributed by atoms with Crippen LogP contribution in [0, 0.1) is 6.57 Å². The second-order valence-electron chi connectivity index (χ2n) is 6.67. The van der Waals surface area contributed by atoms with Gasteiger partial charge in [0.25, 0.3) is 11.7 Å². The molecular formula is C18H16ClF2N7. The van der Waals surface area contributed by atoms with E-state index in [1.807, 2.05) is 4.57 Å². The molecule has 4 rings (SSSR count). The fraction of sp³-hybridized carbons (Fsp3) is 0.333. The topological polar surface area (TPSA) is 77.2 Å². The lowest BCUT2D eigenvalue weighted by Crippen LogP contribution is -2.55. The van der Waals surface area contributed by atoms with Gasteiger partial charge < -0.3 is 20.0 Å². The van der Waals surface area contributed by atoms with Crippen LogP contribution in [0.4, 0.5) is 20.5 Å². The number of rotatable bonds is 3. The summed E-state index contributed by atoms with van der Waals surface area (Å²) in [6.45, 7) is 7.41. The van der Waals surface area contributed by atoms with Gasteiger partial charge in [-0.2, -0.15) is 0 Å². The van der Waals surface area contributed by atoms with Crippen molar-refractivity contribution in [3.8, 4) is 0 Å². The lowest BCUT2D eigenvalue weighted by molar-refractivity contribution is -0.0395. The molecule has 1 aromatic carbocycles. The number of alkyl halides is 2. The molecule has 0 bridgehead atoms. The summed E-state index contributed by atoms with van der Waals surface area (Å²) in [5.41, 5.74) is 7.75. The van der Waals surface area contributed by atoms with Crippen molar-refractivity contribution in [2.45, 2.75) is 24.9 Å². The third kappa shape index (κ3) is 3.37. The summed E-state index contributed by atoms with van der Waals surface area (Å²) in [6.07, 6.45) is 2.58. The number of anilines is 1. The zero-order valence-electron chi connectivity index (χ0n) is 14.7. The second-order valence-corrected chi connectivity index (χ2v) is 7.11. The van der Waals surface area contributed by atoms with Crippen LogP contribution in [-0.4, -0.2) is 44.6 Å². The first-order valence-electron chi connectivity index (χ1n) is 8.60. The van der Waals surface area contributed by atoms with E-state index in [4.69, 9.17) is 23.9 Å². The van der Waals surface area contributed by atoms with Crippen LogP contribution in [0.3, 0.4) is 0 Å². The quantitative estimate of drug-likeness (QED) is 0.679. The maximum atomic E-state index is 13.8. The van der Waals surface area contributed by atoms with E-state index in [9.17, 15) is 8.78 Å². The minimum atomic E-state index is -2.89. The molecule has 0 aliphatic carbocycles. The minimum absolute atomic E-state index is 0.00755. The van der Waals surface area contributed by atoms with Gasteiger partial charge in [0.05, 0.1) is 29.8 Å². The summed E-state index contributed by atoms with van der Waals surface area (Å²) < 4.78 is 29.5. The summed E-state index contributed by atoms with van der Waals surface area (Å²) in [5, 5.41) is 0.538. The van der Waals surface area contributed by atoms with Crippen molar-refractivity contribution in [3.63, 3.8) is 0 Å². The summed E-state index contributed by atoms with van der Waals surface area (Å²) in [5.74, 6) is -2.16. The number of aromatic nitrogens is 4. The Balaban J connectivity index is 1.75. The molecule has 1 atom stereocenters. The fourth-order valence-electron chi connectivity index (χ4n) is 3.24. The molecule has 144 valence electrons. The van der Waals surface area contributed by atoms with Crippen LogP contribution in [0.25, 0.3) is 15.9 Å². The first-order chi connectivity index (χ1) is 13.4. The van der Waals surface area contributed by atoms with Gasteiger partial charge in [0.15, 0.2) is 0 Å². The number of hydrogen-bond donors (Lipinski definition) is 1. The molecule has 28 heavy (non-hydrogen) atoms. The average Bonchev–Trinajstić information content (AvgIpc) is 3.02. The Morgan fingerprint density at radius 2 is 2.14 bits per heavy atom. The van der Waals surface area contributed by atoms with Gasteiger partial charge in [0.2, 0.25) is 5.95 Å². The van der Waals surface area contributed by atoms with Gasteiger partial charge in [0.1, 0.15) is 11.9 Å². The highest BCUT2D eigenvalue weighted by atomic mass is 35.5. The highest BCUT2D eigenvalue weighted by Crippen LogP contribution is 2.32. The molecule has 0 spiro atoms. The number of hydrogen-bond acceptors (Lipinski definition) is 5. The highest BCUT2D eigenvalue weighted by molar-refractivity contribution is 6.31. The van der Waals surface area contributed by atoms with Crippen LogP contribution < -0.4 is 10.6 Å². The molecule has 0 amide bonds. The van der Waals surface area contributed by atoms with Crippen LogP contribution in [0.15, 0.2) is 30.6 Å². The smallest absolute Gasteiger partial charge is 0.287 e. The lowest BCUT2D eigenvalue weighted by atomic mass is 10.0. The normalized spacial score (nSPS) is 19.0. The lowest BCUT2D eigenvalue weighted by Gasteiger charge is -2.37. The van der Waals surface area contributed by atoms with Crippen LogP contribution in [-0.2, 0) is 6.54 Å². The first-order valence-corrected chi connectivity index (χ1v) is 8.98. The predicted octanol–water partition coefficient (Wildman–Crippen LogP) is 3.25. The summed E-state index contributed by atoms with van der Waals surface area (Å²) >= 11 is 6.15. The third-order valence-corrected chi connectivity index (χ3v) is 5.01. The Morgan fingerprint density at radius 1 is 1.32 bits per heavy atom. The molecule has 2 aromatic heterocycles. The summed E-state index contributed by atoms with van der Waals surface area (Å²) in [7, 11) is 0. The van der Waals surface area contributed by atoms with Crippen molar-refractivity contribution < 1.29 is 8.78 Å². The van der Waals surface area contributed by atoms with E-state index in [1.54, 1.807) is 23.1 Å². The van der Waals surface area contributed by atoms with E-state index >= 15 is 0 Å². The Bertz CT molecular complexity index is 1060. The van der Waals surface area contributed by atoms with Crippen LogP contribution in [0.5, 0.6) is 0 Å². The standard InChI is InChI=1S/C18H16ClF2N7/c1-23-16-8-24-12(7-25-16)9-28-14-6-11(19)2-3-13(14)26-17(28)27-5-4-18(20,21)15(22)10-27/h2-3,6-8,15H,4-5,9-10,22H2/t15-/m1/s1. The number of halogens is 3. The van der Waals surface area contributed by atoms with Gasteiger partial charge in [-0.15, -0.1) is 4.98 Å². The monoisotopic (exact) mass is 403 g/mol. The number of nitrogens with zero attached hydrogens (tertiary/aromatic N) is 6. The highest BCUT2D eigenvalue weighted by Gasteiger charge is 2.42. The van der Waals surface area contributed by atoms with E-state index in [0.29, 0.717) is 28.7 Å². The number of piperidine rings is 1. The Hall–Kier alpha value is -2.83. The number of imidazole rings is 1. The van der Waals surface area contributed by atoms with E-state index < -0.39 is 12.0 Å². The van der Waals surface area contributed by atoms with E-state index in [1.165, 1.54) is 12.4 Å². The van der Waals surface area contributed by atoms with Crippen LogP contribution in [0.2, 0.25) is 5.02 Å². The van der Waals surface area contributed by atoms with Gasteiger partial charge >= 0.3 is 0 Å². The van der Waals surface area contributed by atoms with E-state index in [0.717, 1.165) is 5.52 Å². The van der Waals surface area contributed by atoms with Crippen molar-refractivity contribution in [3.05, 3.63) is 52.7 Å². The van der Waals surface area contributed by atoms with Gasteiger partial charge in [0, 0.05) is 24.5 Å². The Morgan fingerprint density at radius 3 is 2.82 bits per heavy atom. The summed E-state index contributed by atoms with van der Waals surface area (Å²) in [4.78, 5) is 17.9. The number of benzene rings is 1. The van der Waals surface area contributed by atoms with Crippen molar-refractivity contribution in [1.82, 2.24) is 19.5 Å². The molecular weight excluding hydrogens is 388 g/mol. The zero-order chi connectivity index (χ0) is 19.9. The fourth-order valence-corrected chi connectivity index (χ4v) is 3.41. The van der Waals surface area contributed by atoms with Gasteiger partial charge in [-0.1, -0.05) is 18.2 Å². The largest absolute Gasteiger partial charge is 0.359 e. The van der Waals surface area contributed by atoms with Crippen LogP contribution in [0.1, 0.15) is 12.1 Å². The molecule has 0 saturated carbocycles. The molecule has 0 radical (unpaired) electrons. The molecule has 3 aromatic rings.